The number of anilines is 1. The second-order valence-electron chi connectivity index (χ2n) is 8.14. The number of halogens is 1. The molecule has 2 aliphatic rings. The molecule has 0 aliphatic carbocycles. The van der Waals surface area contributed by atoms with Gasteiger partial charge in [0.05, 0.1) is 12.3 Å². The quantitative estimate of drug-likeness (QED) is 0.621. The Hall–Kier alpha value is -3.52. The Kier molecular flexibility index (Phi) is 6.17. The van der Waals surface area contributed by atoms with Crippen molar-refractivity contribution >= 4 is 11.6 Å². The van der Waals surface area contributed by atoms with Crippen molar-refractivity contribution in [2.24, 2.45) is 0 Å². The van der Waals surface area contributed by atoms with Gasteiger partial charge in [0.25, 0.3) is 5.91 Å². The van der Waals surface area contributed by atoms with E-state index in [0.29, 0.717) is 18.0 Å². The molecule has 1 N–H and O–H groups in total. The van der Waals surface area contributed by atoms with E-state index in [-0.39, 0.29) is 24.4 Å². The number of amides is 1. The fourth-order valence-electron chi connectivity index (χ4n) is 4.29. The Morgan fingerprint density at radius 1 is 1.00 bits per heavy atom. The third-order valence-corrected chi connectivity index (χ3v) is 6.09. The fourth-order valence-corrected chi connectivity index (χ4v) is 4.29. The molecule has 0 spiro atoms. The molecule has 33 heavy (non-hydrogen) atoms. The lowest BCUT2D eigenvalue weighted by molar-refractivity contribution is -0.130. The highest BCUT2D eigenvalue weighted by molar-refractivity contribution is 5.81. The molecule has 0 radical (unpaired) electrons. The maximum atomic E-state index is 13.2. The summed E-state index contributed by atoms with van der Waals surface area (Å²) in [6.45, 7) is 3.74. The Labute approximate surface area is 191 Å². The van der Waals surface area contributed by atoms with E-state index in [4.69, 9.17) is 13.9 Å². The number of carbonyl (C=O) groups is 1. The molecule has 2 unspecified atom stereocenters. The van der Waals surface area contributed by atoms with Gasteiger partial charge in [-0.1, -0.05) is 12.1 Å². The number of nitrogens with zero attached hydrogens (tertiary/aromatic N) is 2. The van der Waals surface area contributed by atoms with Crippen LogP contribution in [0.15, 0.2) is 71.3 Å². The molecular weight excluding hydrogens is 425 g/mol. The SMILES string of the molecule is O=C(NCC(c1ccco1)N1CCN(c2ccc(F)cc2)CC1)C1COc2ccccc2O1. The highest BCUT2D eigenvalue weighted by Crippen LogP contribution is 2.31. The topological polar surface area (TPSA) is 67.2 Å². The highest BCUT2D eigenvalue weighted by Gasteiger charge is 2.31. The zero-order chi connectivity index (χ0) is 22.6. The number of fused-ring (bicyclic) bond motifs is 1. The molecule has 3 aromatic rings. The molecule has 2 atom stereocenters. The van der Waals surface area contributed by atoms with Crippen LogP contribution in [0.25, 0.3) is 0 Å². The van der Waals surface area contributed by atoms with E-state index < -0.39 is 6.10 Å². The van der Waals surface area contributed by atoms with Crippen LogP contribution in [-0.2, 0) is 4.79 Å². The third-order valence-electron chi connectivity index (χ3n) is 6.09. The zero-order valence-electron chi connectivity index (χ0n) is 18.2. The van der Waals surface area contributed by atoms with Gasteiger partial charge < -0.3 is 24.1 Å². The number of benzene rings is 2. The number of furan rings is 1. The van der Waals surface area contributed by atoms with Crippen molar-refractivity contribution in [2.75, 3.05) is 44.2 Å². The van der Waals surface area contributed by atoms with Crippen LogP contribution in [-0.4, -0.2) is 56.2 Å². The van der Waals surface area contributed by atoms with Gasteiger partial charge >= 0.3 is 0 Å². The van der Waals surface area contributed by atoms with Crippen molar-refractivity contribution in [1.29, 1.82) is 0 Å². The molecule has 7 nitrogen and oxygen atoms in total. The number of carbonyl (C=O) groups excluding carboxylic acids is 1. The first-order chi connectivity index (χ1) is 16.2. The summed E-state index contributed by atoms with van der Waals surface area (Å²) in [4.78, 5) is 17.4. The molecule has 1 aromatic heterocycles. The summed E-state index contributed by atoms with van der Waals surface area (Å²) in [5.41, 5.74) is 1.01. The Morgan fingerprint density at radius 2 is 1.76 bits per heavy atom. The number of rotatable bonds is 6. The van der Waals surface area contributed by atoms with Crippen LogP contribution in [0.5, 0.6) is 11.5 Å². The molecule has 8 heteroatoms. The van der Waals surface area contributed by atoms with E-state index in [0.717, 1.165) is 37.6 Å². The number of hydrogen-bond acceptors (Lipinski definition) is 6. The van der Waals surface area contributed by atoms with Crippen LogP contribution in [0.4, 0.5) is 10.1 Å². The normalized spacial score (nSPS) is 19.2. The van der Waals surface area contributed by atoms with Crippen LogP contribution >= 0.6 is 0 Å². The minimum atomic E-state index is -0.701. The molecule has 1 fully saturated rings. The lowest BCUT2D eigenvalue weighted by atomic mass is 10.1. The van der Waals surface area contributed by atoms with Gasteiger partial charge in [-0.25, -0.2) is 4.39 Å². The average molecular weight is 451 g/mol. The minimum absolute atomic E-state index is 0.101. The van der Waals surface area contributed by atoms with E-state index in [1.165, 1.54) is 12.1 Å². The van der Waals surface area contributed by atoms with E-state index in [2.05, 4.69) is 15.1 Å². The van der Waals surface area contributed by atoms with Crippen molar-refractivity contribution in [3.63, 3.8) is 0 Å². The monoisotopic (exact) mass is 451 g/mol. The summed E-state index contributed by atoms with van der Waals surface area (Å²) in [5, 5.41) is 3.02. The summed E-state index contributed by atoms with van der Waals surface area (Å²) in [5.74, 6) is 1.57. The molecule has 2 aliphatic heterocycles. The molecule has 0 bridgehead atoms. The first-order valence-electron chi connectivity index (χ1n) is 11.1. The number of ether oxygens (including phenoxy) is 2. The standard InChI is InChI=1S/C25H26FN3O4/c26-18-7-9-19(10-8-18)28-11-13-29(14-12-28)20(21-6-3-15-31-21)16-27-25(30)24-17-32-22-4-1-2-5-23(22)33-24/h1-10,15,20,24H,11-14,16-17H2,(H,27,30). The highest BCUT2D eigenvalue weighted by atomic mass is 19.1. The number of para-hydroxylation sites is 2. The van der Waals surface area contributed by atoms with E-state index in [1.54, 1.807) is 24.5 Å². The molecule has 5 rings (SSSR count). The van der Waals surface area contributed by atoms with Gasteiger partial charge in [0.15, 0.2) is 11.5 Å². The first-order valence-corrected chi connectivity index (χ1v) is 11.1. The molecule has 172 valence electrons. The molecule has 2 aromatic carbocycles. The number of hydrogen-bond donors (Lipinski definition) is 1. The van der Waals surface area contributed by atoms with Crippen molar-refractivity contribution in [3.05, 3.63) is 78.5 Å². The third kappa shape index (κ3) is 4.80. The van der Waals surface area contributed by atoms with Crippen molar-refractivity contribution < 1.29 is 23.1 Å². The van der Waals surface area contributed by atoms with Gasteiger partial charge in [0.2, 0.25) is 6.10 Å². The maximum absolute atomic E-state index is 13.2. The second kappa shape index (κ2) is 9.54. The first kappa shape index (κ1) is 21.3. The summed E-state index contributed by atoms with van der Waals surface area (Å²) >= 11 is 0. The van der Waals surface area contributed by atoms with Crippen LogP contribution in [0.2, 0.25) is 0 Å². The van der Waals surface area contributed by atoms with E-state index in [1.807, 2.05) is 30.3 Å². The molecule has 0 saturated carbocycles. The summed E-state index contributed by atoms with van der Waals surface area (Å²) < 4.78 is 30.4. The maximum Gasteiger partial charge on any atom is 0.264 e. The Morgan fingerprint density at radius 3 is 2.48 bits per heavy atom. The van der Waals surface area contributed by atoms with E-state index in [9.17, 15) is 9.18 Å². The Bertz CT molecular complexity index is 1070. The molecule has 1 saturated heterocycles. The van der Waals surface area contributed by atoms with E-state index >= 15 is 0 Å². The van der Waals surface area contributed by atoms with Crippen molar-refractivity contribution in [2.45, 2.75) is 12.1 Å². The van der Waals surface area contributed by atoms with Gasteiger partial charge in [-0.05, 0) is 48.5 Å². The largest absolute Gasteiger partial charge is 0.485 e. The predicted molar refractivity (Wildman–Crippen MR) is 121 cm³/mol. The fraction of sp³-hybridized carbons (Fsp3) is 0.320. The van der Waals surface area contributed by atoms with Crippen molar-refractivity contribution in [1.82, 2.24) is 10.2 Å². The lowest BCUT2D eigenvalue weighted by Gasteiger charge is -2.39. The number of nitrogens with one attached hydrogen (secondary N) is 1. The molecular formula is C25H26FN3O4. The van der Waals surface area contributed by atoms with Gasteiger partial charge in [0, 0.05) is 38.4 Å². The number of piperazine rings is 1. The zero-order valence-corrected chi connectivity index (χ0v) is 18.2. The van der Waals surface area contributed by atoms with Gasteiger partial charge in [-0.15, -0.1) is 0 Å². The minimum Gasteiger partial charge on any atom is -0.485 e. The van der Waals surface area contributed by atoms with Gasteiger partial charge in [-0.3, -0.25) is 9.69 Å². The summed E-state index contributed by atoms with van der Waals surface area (Å²) in [6, 6.07) is 17.6. The van der Waals surface area contributed by atoms with Crippen molar-refractivity contribution in [3.8, 4) is 11.5 Å². The average Bonchev–Trinajstić information content (AvgIpc) is 3.39. The summed E-state index contributed by atoms with van der Waals surface area (Å²) in [7, 11) is 0. The van der Waals surface area contributed by atoms with Crippen LogP contribution < -0.4 is 19.7 Å². The molecule has 3 heterocycles. The smallest absolute Gasteiger partial charge is 0.264 e. The van der Waals surface area contributed by atoms with Gasteiger partial charge in [0.1, 0.15) is 18.2 Å². The van der Waals surface area contributed by atoms with Crippen LogP contribution in [0, 0.1) is 5.82 Å². The van der Waals surface area contributed by atoms with Crippen LogP contribution in [0.3, 0.4) is 0 Å². The predicted octanol–water partition coefficient (Wildman–Crippen LogP) is 3.24. The summed E-state index contributed by atoms with van der Waals surface area (Å²) in [6.07, 6.45) is 0.945. The lowest BCUT2D eigenvalue weighted by Crippen LogP contribution is -2.51. The second-order valence-corrected chi connectivity index (χ2v) is 8.14. The van der Waals surface area contributed by atoms with Crippen LogP contribution in [0.1, 0.15) is 11.8 Å². The molecule has 1 amide bonds. The Balaban J connectivity index is 1.20. The van der Waals surface area contributed by atoms with Gasteiger partial charge in [-0.2, -0.15) is 0 Å².